The number of nitrogens with zero attached hydrogens (tertiary/aromatic N) is 1. The zero-order valence-electron chi connectivity index (χ0n) is 13.3. The van der Waals surface area contributed by atoms with Crippen molar-refractivity contribution in [3.63, 3.8) is 0 Å². The van der Waals surface area contributed by atoms with Gasteiger partial charge in [-0.15, -0.1) is 0 Å². The lowest BCUT2D eigenvalue weighted by atomic mass is 10.0. The number of benzene rings is 1. The number of likely N-dealkylation sites (tertiary alicyclic amines) is 1. The Hall–Kier alpha value is -1.95. The van der Waals surface area contributed by atoms with Gasteiger partial charge in [0, 0.05) is 19.1 Å². The van der Waals surface area contributed by atoms with Crippen LogP contribution in [0.3, 0.4) is 0 Å². The van der Waals surface area contributed by atoms with Crippen molar-refractivity contribution in [1.82, 2.24) is 10.2 Å². The molecule has 0 bridgehead atoms. The van der Waals surface area contributed by atoms with Gasteiger partial charge >= 0.3 is 6.09 Å². The van der Waals surface area contributed by atoms with Crippen LogP contribution in [0, 0.1) is 0 Å². The second-order valence-electron chi connectivity index (χ2n) is 5.28. The molecule has 1 fully saturated rings. The van der Waals surface area contributed by atoms with E-state index in [0.29, 0.717) is 48.9 Å². The molecule has 1 aromatic rings. The zero-order valence-corrected chi connectivity index (χ0v) is 14.1. The number of carbonyl (C=O) groups is 2. The van der Waals surface area contributed by atoms with Gasteiger partial charge in [0.15, 0.2) is 0 Å². The van der Waals surface area contributed by atoms with Crippen molar-refractivity contribution < 1.29 is 19.1 Å². The van der Waals surface area contributed by atoms with Gasteiger partial charge in [0.05, 0.1) is 24.3 Å². The first-order chi connectivity index (χ1) is 11.0. The molecule has 1 aliphatic heterocycles. The van der Waals surface area contributed by atoms with Crippen LogP contribution < -0.4 is 10.1 Å². The summed E-state index contributed by atoms with van der Waals surface area (Å²) in [5.41, 5.74) is 0.417. The van der Waals surface area contributed by atoms with Gasteiger partial charge in [-0.25, -0.2) is 4.79 Å². The number of methoxy groups -OCH3 is 1. The van der Waals surface area contributed by atoms with Crippen LogP contribution in [0.15, 0.2) is 18.2 Å². The second-order valence-corrected chi connectivity index (χ2v) is 5.69. The minimum absolute atomic E-state index is 0.0198. The molecule has 0 atom stereocenters. The Kier molecular flexibility index (Phi) is 6.10. The standard InChI is InChI=1S/C16H21ClN2O4/c1-3-23-16(21)19-8-6-11(7-9-19)18-15(20)13-5-4-12(22-2)10-14(13)17/h4-5,10-11H,3,6-9H2,1-2H3,(H,18,20). The van der Waals surface area contributed by atoms with E-state index in [4.69, 9.17) is 21.1 Å². The third kappa shape index (κ3) is 4.51. The first kappa shape index (κ1) is 17.4. The maximum Gasteiger partial charge on any atom is 0.409 e. The number of hydrogen-bond acceptors (Lipinski definition) is 4. The predicted octanol–water partition coefficient (Wildman–Crippen LogP) is 2.70. The van der Waals surface area contributed by atoms with Crippen LogP contribution in [-0.2, 0) is 4.74 Å². The minimum Gasteiger partial charge on any atom is -0.497 e. The fraction of sp³-hybridized carbons (Fsp3) is 0.500. The number of amides is 2. The number of rotatable bonds is 4. The van der Waals surface area contributed by atoms with Crippen LogP contribution in [0.1, 0.15) is 30.1 Å². The Morgan fingerprint density at radius 1 is 1.35 bits per heavy atom. The molecule has 0 aromatic heterocycles. The monoisotopic (exact) mass is 340 g/mol. The topological polar surface area (TPSA) is 67.9 Å². The summed E-state index contributed by atoms with van der Waals surface area (Å²) in [6.07, 6.45) is 1.09. The molecule has 126 valence electrons. The molecule has 1 aliphatic rings. The van der Waals surface area contributed by atoms with Crippen molar-refractivity contribution in [2.24, 2.45) is 0 Å². The molecule has 0 spiro atoms. The van der Waals surface area contributed by atoms with Gasteiger partial charge in [-0.05, 0) is 38.0 Å². The minimum atomic E-state index is -0.296. The molecule has 1 saturated heterocycles. The van der Waals surface area contributed by atoms with Gasteiger partial charge in [-0.3, -0.25) is 4.79 Å². The van der Waals surface area contributed by atoms with Gasteiger partial charge in [-0.2, -0.15) is 0 Å². The molecule has 2 rings (SSSR count). The third-order valence-electron chi connectivity index (χ3n) is 3.78. The molecule has 1 aromatic carbocycles. The molecule has 23 heavy (non-hydrogen) atoms. The molecule has 0 aliphatic carbocycles. The van der Waals surface area contributed by atoms with Gasteiger partial charge < -0.3 is 19.7 Å². The van der Waals surface area contributed by atoms with E-state index in [-0.39, 0.29) is 18.0 Å². The number of piperidine rings is 1. The average Bonchev–Trinajstić information content (AvgIpc) is 2.55. The Morgan fingerprint density at radius 3 is 2.61 bits per heavy atom. The van der Waals surface area contributed by atoms with E-state index < -0.39 is 0 Å². The zero-order chi connectivity index (χ0) is 16.8. The summed E-state index contributed by atoms with van der Waals surface area (Å²) in [6, 6.07) is 4.97. The van der Waals surface area contributed by atoms with E-state index in [1.54, 1.807) is 37.1 Å². The number of ether oxygens (including phenoxy) is 2. The summed E-state index contributed by atoms with van der Waals surface area (Å²) in [7, 11) is 1.54. The Morgan fingerprint density at radius 2 is 2.04 bits per heavy atom. The summed E-state index contributed by atoms with van der Waals surface area (Å²) < 4.78 is 10.0. The normalized spacial score (nSPS) is 15.2. The summed E-state index contributed by atoms with van der Waals surface area (Å²) in [4.78, 5) is 25.6. The number of nitrogens with one attached hydrogen (secondary N) is 1. The average molecular weight is 341 g/mol. The lowest BCUT2D eigenvalue weighted by Gasteiger charge is -2.31. The van der Waals surface area contributed by atoms with Crippen LogP contribution in [0.4, 0.5) is 4.79 Å². The maximum atomic E-state index is 12.3. The van der Waals surface area contributed by atoms with Crippen LogP contribution >= 0.6 is 11.6 Å². The van der Waals surface area contributed by atoms with Crippen LogP contribution in [0.25, 0.3) is 0 Å². The van der Waals surface area contributed by atoms with Gasteiger partial charge in [0.25, 0.3) is 5.91 Å². The molecule has 0 saturated carbocycles. The first-order valence-electron chi connectivity index (χ1n) is 7.61. The van der Waals surface area contributed by atoms with Crippen molar-refractivity contribution in [2.75, 3.05) is 26.8 Å². The van der Waals surface area contributed by atoms with Crippen LogP contribution in [0.2, 0.25) is 5.02 Å². The lowest BCUT2D eigenvalue weighted by Crippen LogP contribution is -2.46. The van der Waals surface area contributed by atoms with E-state index in [9.17, 15) is 9.59 Å². The van der Waals surface area contributed by atoms with Gasteiger partial charge in [0.1, 0.15) is 5.75 Å². The summed E-state index contributed by atoms with van der Waals surface area (Å²) >= 11 is 6.11. The number of carbonyl (C=O) groups excluding carboxylic acids is 2. The fourth-order valence-corrected chi connectivity index (χ4v) is 2.75. The smallest absolute Gasteiger partial charge is 0.409 e. The second kappa shape index (κ2) is 8.06. The van der Waals surface area contributed by atoms with Crippen molar-refractivity contribution >= 4 is 23.6 Å². The van der Waals surface area contributed by atoms with E-state index >= 15 is 0 Å². The molecule has 6 nitrogen and oxygen atoms in total. The molecule has 7 heteroatoms. The molecular formula is C16H21ClN2O4. The highest BCUT2D eigenvalue weighted by Crippen LogP contribution is 2.23. The Bertz CT molecular complexity index is 571. The Balaban J connectivity index is 1.89. The number of halogens is 1. The molecule has 2 amide bonds. The van der Waals surface area contributed by atoms with Crippen molar-refractivity contribution in [2.45, 2.75) is 25.8 Å². The van der Waals surface area contributed by atoms with Gasteiger partial charge in [-0.1, -0.05) is 11.6 Å². The van der Waals surface area contributed by atoms with E-state index in [1.807, 2.05) is 0 Å². The molecule has 1 N–H and O–H groups in total. The summed E-state index contributed by atoms with van der Waals surface area (Å²) in [6.45, 7) is 3.29. The summed E-state index contributed by atoms with van der Waals surface area (Å²) in [5, 5.41) is 3.31. The largest absolute Gasteiger partial charge is 0.497 e. The van der Waals surface area contributed by atoms with Crippen molar-refractivity contribution in [3.8, 4) is 5.75 Å². The Labute approximate surface area is 140 Å². The van der Waals surface area contributed by atoms with E-state index in [0.717, 1.165) is 0 Å². The highest BCUT2D eigenvalue weighted by Gasteiger charge is 2.25. The predicted molar refractivity (Wildman–Crippen MR) is 87.1 cm³/mol. The van der Waals surface area contributed by atoms with E-state index in [2.05, 4.69) is 5.32 Å². The molecule has 0 unspecified atom stereocenters. The quantitative estimate of drug-likeness (QED) is 0.915. The van der Waals surface area contributed by atoms with Crippen molar-refractivity contribution in [1.29, 1.82) is 0 Å². The molecular weight excluding hydrogens is 320 g/mol. The van der Waals surface area contributed by atoms with Crippen LogP contribution in [-0.4, -0.2) is 49.7 Å². The van der Waals surface area contributed by atoms with Crippen molar-refractivity contribution in [3.05, 3.63) is 28.8 Å². The lowest BCUT2D eigenvalue weighted by molar-refractivity contribution is 0.0860. The van der Waals surface area contributed by atoms with Gasteiger partial charge in [0.2, 0.25) is 0 Å². The third-order valence-corrected chi connectivity index (χ3v) is 4.09. The number of hydrogen-bond donors (Lipinski definition) is 1. The summed E-state index contributed by atoms with van der Waals surface area (Å²) in [5.74, 6) is 0.390. The molecule has 1 heterocycles. The highest BCUT2D eigenvalue weighted by atomic mass is 35.5. The van der Waals surface area contributed by atoms with E-state index in [1.165, 1.54) is 0 Å². The maximum absolute atomic E-state index is 12.3. The first-order valence-corrected chi connectivity index (χ1v) is 7.99. The highest BCUT2D eigenvalue weighted by molar-refractivity contribution is 6.34. The molecule has 0 radical (unpaired) electrons. The SMILES string of the molecule is CCOC(=O)N1CCC(NC(=O)c2ccc(OC)cc2Cl)CC1. The van der Waals surface area contributed by atoms with Crippen LogP contribution in [0.5, 0.6) is 5.75 Å². The fourth-order valence-electron chi connectivity index (χ4n) is 2.49.